The number of nitrogens with zero attached hydrogens (tertiary/aromatic N) is 2. The summed E-state index contributed by atoms with van der Waals surface area (Å²) in [6.45, 7) is 0.480. The lowest BCUT2D eigenvalue weighted by Gasteiger charge is -2.10. The minimum Gasteiger partial charge on any atom is -0.488 e. The molecular formula is C16H17ClN2O. The van der Waals surface area contributed by atoms with E-state index in [9.17, 15) is 0 Å². The third kappa shape index (κ3) is 4.28. The fraction of sp³-hybridized carbons (Fsp3) is 0.188. The molecule has 104 valence electrons. The number of halogens is 1. The maximum Gasteiger partial charge on any atom is 0.128 e. The highest BCUT2D eigenvalue weighted by molar-refractivity contribution is 6.30. The Kier molecular flexibility index (Phi) is 5.02. The topological polar surface area (TPSA) is 24.8 Å². The Bertz CT molecular complexity index is 597. The standard InChI is InChI=1S/C16H17ClN2O/c1-19(2)18-11-14-7-3-4-9-16(14)20-12-13-6-5-8-15(17)10-13/h3-11H,12H2,1-2H3/b18-11+. The van der Waals surface area contributed by atoms with Gasteiger partial charge in [0.1, 0.15) is 12.4 Å². The summed E-state index contributed by atoms with van der Waals surface area (Å²) < 4.78 is 5.84. The van der Waals surface area contributed by atoms with Crippen molar-refractivity contribution in [1.29, 1.82) is 0 Å². The minimum absolute atomic E-state index is 0.480. The summed E-state index contributed by atoms with van der Waals surface area (Å²) in [5, 5.41) is 6.69. The Morgan fingerprint density at radius 2 is 1.95 bits per heavy atom. The van der Waals surface area contributed by atoms with Crippen molar-refractivity contribution in [2.45, 2.75) is 6.61 Å². The summed E-state index contributed by atoms with van der Waals surface area (Å²) >= 11 is 5.96. The molecule has 0 saturated carbocycles. The van der Waals surface area contributed by atoms with Gasteiger partial charge in [0.15, 0.2) is 0 Å². The number of benzene rings is 2. The van der Waals surface area contributed by atoms with E-state index in [0.29, 0.717) is 11.6 Å². The lowest BCUT2D eigenvalue weighted by molar-refractivity contribution is 0.305. The van der Waals surface area contributed by atoms with Crippen molar-refractivity contribution in [2.24, 2.45) is 5.10 Å². The highest BCUT2D eigenvalue weighted by Crippen LogP contribution is 2.19. The molecule has 0 aliphatic rings. The van der Waals surface area contributed by atoms with Gasteiger partial charge in [0, 0.05) is 24.7 Å². The lowest BCUT2D eigenvalue weighted by atomic mass is 10.2. The van der Waals surface area contributed by atoms with E-state index in [2.05, 4.69) is 5.10 Å². The number of hydrazone groups is 1. The molecule has 0 heterocycles. The van der Waals surface area contributed by atoms with Gasteiger partial charge in [-0.25, -0.2) is 0 Å². The fourth-order valence-corrected chi connectivity index (χ4v) is 1.90. The molecule has 0 atom stereocenters. The van der Waals surface area contributed by atoms with E-state index in [4.69, 9.17) is 16.3 Å². The monoisotopic (exact) mass is 288 g/mol. The first-order valence-corrected chi connectivity index (χ1v) is 6.70. The molecule has 0 N–H and O–H groups in total. The van der Waals surface area contributed by atoms with Crippen LogP contribution in [0, 0.1) is 0 Å². The van der Waals surface area contributed by atoms with Gasteiger partial charge < -0.3 is 9.75 Å². The number of rotatable bonds is 5. The molecule has 0 fully saturated rings. The zero-order valence-electron chi connectivity index (χ0n) is 11.6. The summed E-state index contributed by atoms with van der Waals surface area (Å²) in [5.41, 5.74) is 1.99. The van der Waals surface area contributed by atoms with E-state index in [-0.39, 0.29) is 0 Å². The zero-order valence-corrected chi connectivity index (χ0v) is 12.3. The smallest absolute Gasteiger partial charge is 0.128 e. The first-order chi connectivity index (χ1) is 9.65. The van der Waals surface area contributed by atoms with Gasteiger partial charge in [-0.2, -0.15) is 5.10 Å². The summed E-state index contributed by atoms with van der Waals surface area (Å²) in [7, 11) is 3.76. The first-order valence-electron chi connectivity index (χ1n) is 6.33. The van der Waals surface area contributed by atoms with E-state index < -0.39 is 0 Å². The molecule has 0 spiro atoms. The van der Waals surface area contributed by atoms with Gasteiger partial charge in [0.05, 0.1) is 6.21 Å². The highest BCUT2D eigenvalue weighted by atomic mass is 35.5. The minimum atomic E-state index is 0.480. The molecule has 0 unspecified atom stereocenters. The molecule has 0 aliphatic carbocycles. The van der Waals surface area contributed by atoms with Crippen LogP contribution in [0.15, 0.2) is 53.6 Å². The first kappa shape index (κ1) is 14.4. The third-order valence-electron chi connectivity index (χ3n) is 2.63. The second-order valence-corrected chi connectivity index (χ2v) is 4.98. The van der Waals surface area contributed by atoms with Crippen LogP contribution < -0.4 is 4.74 Å². The average Bonchev–Trinajstić information content (AvgIpc) is 2.44. The molecule has 0 aromatic heterocycles. The zero-order chi connectivity index (χ0) is 14.4. The number of hydrogen-bond donors (Lipinski definition) is 0. The second kappa shape index (κ2) is 6.96. The summed E-state index contributed by atoms with van der Waals surface area (Å²) in [4.78, 5) is 0. The molecule has 0 radical (unpaired) electrons. The summed E-state index contributed by atoms with van der Waals surface area (Å²) in [5.74, 6) is 0.804. The largest absolute Gasteiger partial charge is 0.488 e. The maximum atomic E-state index is 5.96. The molecule has 2 aromatic rings. The van der Waals surface area contributed by atoms with Gasteiger partial charge in [0.25, 0.3) is 0 Å². The second-order valence-electron chi connectivity index (χ2n) is 4.55. The molecule has 2 rings (SSSR count). The van der Waals surface area contributed by atoms with Gasteiger partial charge in [-0.15, -0.1) is 0 Å². The Hall–Kier alpha value is -2.00. The van der Waals surface area contributed by atoms with Crippen molar-refractivity contribution in [3.05, 3.63) is 64.7 Å². The Morgan fingerprint density at radius 3 is 2.70 bits per heavy atom. The van der Waals surface area contributed by atoms with Crippen LogP contribution in [0.25, 0.3) is 0 Å². The van der Waals surface area contributed by atoms with Crippen LogP contribution in [0.5, 0.6) is 5.75 Å². The predicted molar refractivity (Wildman–Crippen MR) is 83.5 cm³/mol. The Balaban J connectivity index is 2.09. The average molecular weight is 289 g/mol. The van der Waals surface area contributed by atoms with Crippen molar-refractivity contribution < 1.29 is 4.74 Å². The van der Waals surface area contributed by atoms with E-state index >= 15 is 0 Å². The molecule has 2 aromatic carbocycles. The van der Waals surface area contributed by atoms with Crippen LogP contribution in [0.4, 0.5) is 0 Å². The van der Waals surface area contributed by atoms with Crippen molar-refractivity contribution in [3.8, 4) is 5.75 Å². The van der Waals surface area contributed by atoms with Gasteiger partial charge in [-0.1, -0.05) is 35.9 Å². The molecule has 4 heteroatoms. The van der Waals surface area contributed by atoms with Crippen molar-refractivity contribution in [3.63, 3.8) is 0 Å². The molecular weight excluding hydrogens is 272 g/mol. The SMILES string of the molecule is CN(C)/N=C/c1ccccc1OCc1cccc(Cl)c1. The van der Waals surface area contributed by atoms with Crippen molar-refractivity contribution in [2.75, 3.05) is 14.1 Å². The lowest BCUT2D eigenvalue weighted by Crippen LogP contribution is -2.03. The van der Waals surface area contributed by atoms with Gasteiger partial charge >= 0.3 is 0 Å². The van der Waals surface area contributed by atoms with Crippen LogP contribution in [0.2, 0.25) is 5.02 Å². The maximum absolute atomic E-state index is 5.96. The molecule has 3 nitrogen and oxygen atoms in total. The third-order valence-corrected chi connectivity index (χ3v) is 2.87. The predicted octanol–water partition coefficient (Wildman–Crippen LogP) is 3.81. The summed E-state index contributed by atoms with van der Waals surface area (Å²) in [6, 6.07) is 15.5. The Labute approximate surface area is 124 Å². The molecule has 0 amide bonds. The van der Waals surface area contributed by atoms with Crippen LogP contribution in [0.1, 0.15) is 11.1 Å². The normalized spacial score (nSPS) is 10.8. The Morgan fingerprint density at radius 1 is 1.15 bits per heavy atom. The van der Waals surface area contributed by atoms with E-state index in [0.717, 1.165) is 16.9 Å². The van der Waals surface area contributed by atoms with E-state index in [1.54, 1.807) is 11.2 Å². The fourth-order valence-electron chi connectivity index (χ4n) is 1.68. The van der Waals surface area contributed by atoms with Gasteiger partial charge in [0.2, 0.25) is 0 Å². The van der Waals surface area contributed by atoms with E-state index in [1.165, 1.54) is 0 Å². The number of ether oxygens (including phenoxy) is 1. The van der Waals surface area contributed by atoms with Crippen LogP contribution in [0.3, 0.4) is 0 Å². The van der Waals surface area contributed by atoms with Crippen molar-refractivity contribution >= 4 is 17.8 Å². The van der Waals surface area contributed by atoms with Gasteiger partial charge in [-0.05, 0) is 29.8 Å². The molecule has 0 aliphatic heterocycles. The van der Waals surface area contributed by atoms with Crippen LogP contribution in [-0.2, 0) is 6.61 Å². The number of para-hydroxylation sites is 1. The van der Waals surface area contributed by atoms with Crippen LogP contribution >= 0.6 is 11.6 Å². The highest BCUT2D eigenvalue weighted by Gasteiger charge is 2.02. The van der Waals surface area contributed by atoms with Gasteiger partial charge in [-0.3, -0.25) is 0 Å². The molecule has 20 heavy (non-hydrogen) atoms. The quantitative estimate of drug-likeness (QED) is 0.617. The van der Waals surface area contributed by atoms with Crippen LogP contribution in [-0.4, -0.2) is 25.3 Å². The summed E-state index contributed by atoms with van der Waals surface area (Å²) in [6.07, 6.45) is 1.79. The number of hydrogen-bond acceptors (Lipinski definition) is 3. The molecule has 0 saturated heterocycles. The molecule has 0 bridgehead atoms. The van der Waals surface area contributed by atoms with E-state index in [1.807, 2.05) is 62.6 Å². The van der Waals surface area contributed by atoms with Crippen molar-refractivity contribution in [1.82, 2.24) is 5.01 Å².